The standard InChI is InChI=1S/C23H24O3Si/c1-17-8-5-9-18(14-17)24-19-10-6-11-20(15-19)25-21-12-7-13-22(16-21)26-27-23(2,3)4/h5-16H,1-4H3. The highest BCUT2D eigenvalue weighted by Crippen LogP contribution is 2.30. The molecule has 0 aliphatic rings. The van der Waals surface area contributed by atoms with Crippen molar-refractivity contribution in [2.45, 2.75) is 32.7 Å². The van der Waals surface area contributed by atoms with Gasteiger partial charge in [-0.2, -0.15) is 0 Å². The van der Waals surface area contributed by atoms with Crippen LogP contribution in [0.15, 0.2) is 72.8 Å². The van der Waals surface area contributed by atoms with Crippen LogP contribution in [-0.4, -0.2) is 9.76 Å². The molecular formula is C23H24O3Si. The average Bonchev–Trinajstić information content (AvgIpc) is 2.60. The van der Waals surface area contributed by atoms with E-state index in [9.17, 15) is 0 Å². The van der Waals surface area contributed by atoms with Crippen LogP contribution in [0.1, 0.15) is 26.3 Å². The molecule has 0 fully saturated rings. The van der Waals surface area contributed by atoms with Gasteiger partial charge in [0.25, 0.3) is 0 Å². The van der Waals surface area contributed by atoms with E-state index in [1.165, 1.54) is 0 Å². The van der Waals surface area contributed by atoms with Gasteiger partial charge < -0.3 is 13.9 Å². The minimum absolute atomic E-state index is 0.137. The van der Waals surface area contributed by atoms with Gasteiger partial charge in [-0.1, -0.05) is 45.0 Å². The van der Waals surface area contributed by atoms with Crippen molar-refractivity contribution in [1.82, 2.24) is 0 Å². The molecule has 3 nitrogen and oxygen atoms in total. The second-order valence-corrected chi connectivity index (χ2v) is 9.33. The molecule has 0 spiro atoms. The van der Waals surface area contributed by atoms with Crippen molar-refractivity contribution >= 4 is 9.76 Å². The lowest BCUT2D eigenvalue weighted by molar-refractivity contribution is 0.458. The van der Waals surface area contributed by atoms with Crippen LogP contribution in [0.25, 0.3) is 0 Å². The molecule has 2 radical (unpaired) electrons. The second-order valence-electron chi connectivity index (χ2n) is 7.42. The molecule has 0 aliphatic heterocycles. The summed E-state index contributed by atoms with van der Waals surface area (Å²) in [6.07, 6.45) is 0. The summed E-state index contributed by atoms with van der Waals surface area (Å²) in [5.74, 6) is 3.81. The largest absolute Gasteiger partial charge is 0.540 e. The van der Waals surface area contributed by atoms with Crippen LogP contribution in [0.2, 0.25) is 5.04 Å². The molecule has 0 saturated carbocycles. The highest BCUT2D eigenvalue weighted by atomic mass is 28.2. The summed E-state index contributed by atoms with van der Waals surface area (Å²) in [6.45, 7) is 8.52. The summed E-state index contributed by atoms with van der Waals surface area (Å²) < 4.78 is 17.8. The first-order valence-electron chi connectivity index (χ1n) is 8.94. The van der Waals surface area contributed by atoms with Gasteiger partial charge in [-0.15, -0.1) is 0 Å². The van der Waals surface area contributed by atoms with E-state index < -0.39 is 0 Å². The number of hydrogen-bond acceptors (Lipinski definition) is 3. The van der Waals surface area contributed by atoms with Gasteiger partial charge in [-0.3, -0.25) is 0 Å². The fourth-order valence-corrected chi connectivity index (χ4v) is 2.92. The minimum atomic E-state index is 0.137. The Labute approximate surface area is 163 Å². The van der Waals surface area contributed by atoms with Crippen LogP contribution in [0.3, 0.4) is 0 Å². The molecule has 4 heteroatoms. The van der Waals surface area contributed by atoms with Gasteiger partial charge in [-0.05, 0) is 53.9 Å². The van der Waals surface area contributed by atoms with Crippen LogP contribution in [-0.2, 0) is 0 Å². The number of rotatable bonds is 6. The van der Waals surface area contributed by atoms with E-state index in [4.69, 9.17) is 13.9 Å². The lowest BCUT2D eigenvalue weighted by atomic mass is 10.2. The van der Waals surface area contributed by atoms with Crippen molar-refractivity contribution < 1.29 is 13.9 Å². The molecule has 0 aromatic heterocycles. The van der Waals surface area contributed by atoms with Gasteiger partial charge in [0, 0.05) is 12.1 Å². The Kier molecular flexibility index (Phi) is 5.87. The Morgan fingerprint density at radius 3 is 1.59 bits per heavy atom. The van der Waals surface area contributed by atoms with Crippen molar-refractivity contribution in [2.24, 2.45) is 0 Å². The monoisotopic (exact) mass is 376 g/mol. The summed E-state index contributed by atoms with van der Waals surface area (Å²) in [5.41, 5.74) is 1.16. The molecule has 0 saturated heterocycles. The highest BCUT2D eigenvalue weighted by molar-refractivity contribution is 6.32. The maximum Gasteiger partial charge on any atom is 0.316 e. The number of benzene rings is 3. The van der Waals surface area contributed by atoms with Gasteiger partial charge in [0.2, 0.25) is 0 Å². The predicted octanol–water partition coefficient (Wildman–Crippen LogP) is 6.80. The van der Waals surface area contributed by atoms with E-state index in [2.05, 4.69) is 20.8 Å². The molecular weight excluding hydrogens is 352 g/mol. The molecule has 0 bridgehead atoms. The molecule has 138 valence electrons. The zero-order valence-corrected chi connectivity index (χ0v) is 17.2. The van der Waals surface area contributed by atoms with Crippen molar-refractivity contribution in [1.29, 1.82) is 0 Å². The fraction of sp³-hybridized carbons (Fsp3) is 0.217. The predicted molar refractivity (Wildman–Crippen MR) is 110 cm³/mol. The Morgan fingerprint density at radius 1 is 0.630 bits per heavy atom. The maximum absolute atomic E-state index is 6.00. The first kappa shape index (κ1) is 19.0. The smallest absolute Gasteiger partial charge is 0.316 e. The SMILES string of the molecule is Cc1cccc(Oc2cccc(Oc3cccc(O[Si]C(C)(C)C)c3)c2)c1. The molecule has 3 aromatic carbocycles. The Hall–Kier alpha value is -2.72. The van der Waals surface area contributed by atoms with E-state index in [1.54, 1.807) is 0 Å². The minimum Gasteiger partial charge on any atom is -0.540 e. The maximum atomic E-state index is 6.00. The molecule has 0 atom stereocenters. The molecule has 0 aliphatic carbocycles. The third-order valence-corrected chi connectivity index (χ3v) is 4.50. The van der Waals surface area contributed by atoms with E-state index in [0.29, 0.717) is 9.76 Å². The van der Waals surface area contributed by atoms with Gasteiger partial charge in [0.15, 0.2) is 0 Å². The van der Waals surface area contributed by atoms with Crippen LogP contribution in [0, 0.1) is 6.92 Å². The summed E-state index contributed by atoms with van der Waals surface area (Å²) in [4.78, 5) is 0. The average molecular weight is 377 g/mol. The number of ether oxygens (including phenoxy) is 2. The summed E-state index contributed by atoms with van der Waals surface area (Å²) in [7, 11) is 0.388. The van der Waals surface area contributed by atoms with Gasteiger partial charge in [0.05, 0.1) is 0 Å². The van der Waals surface area contributed by atoms with Crippen LogP contribution in [0.4, 0.5) is 0 Å². The summed E-state index contributed by atoms with van der Waals surface area (Å²) in [6, 6.07) is 23.3. The van der Waals surface area contributed by atoms with Gasteiger partial charge in [0.1, 0.15) is 28.7 Å². The van der Waals surface area contributed by atoms with E-state index in [-0.39, 0.29) is 5.04 Å². The molecule has 0 unspecified atom stereocenters. The summed E-state index contributed by atoms with van der Waals surface area (Å²) >= 11 is 0. The molecule has 3 rings (SSSR count). The second kappa shape index (κ2) is 8.31. The van der Waals surface area contributed by atoms with Crippen molar-refractivity contribution in [3.05, 3.63) is 78.4 Å². The first-order chi connectivity index (χ1) is 12.9. The molecule has 0 heterocycles. The molecule has 27 heavy (non-hydrogen) atoms. The quantitative estimate of drug-likeness (QED) is 0.443. The number of hydrogen-bond donors (Lipinski definition) is 0. The van der Waals surface area contributed by atoms with E-state index in [1.807, 2.05) is 79.7 Å². The summed E-state index contributed by atoms with van der Waals surface area (Å²) in [5, 5.41) is 0.137. The van der Waals surface area contributed by atoms with Gasteiger partial charge in [-0.25, -0.2) is 0 Å². The number of aryl methyl sites for hydroxylation is 1. The normalized spacial score (nSPS) is 11.1. The van der Waals surface area contributed by atoms with Crippen LogP contribution in [0.5, 0.6) is 28.7 Å². The Bertz CT molecular complexity index is 900. The van der Waals surface area contributed by atoms with Gasteiger partial charge >= 0.3 is 9.76 Å². The van der Waals surface area contributed by atoms with Crippen LogP contribution >= 0.6 is 0 Å². The van der Waals surface area contributed by atoms with Crippen LogP contribution < -0.4 is 13.9 Å². The van der Waals surface area contributed by atoms with Crippen molar-refractivity contribution in [2.75, 3.05) is 0 Å². The lowest BCUT2D eigenvalue weighted by Crippen LogP contribution is -2.15. The Balaban J connectivity index is 1.69. The van der Waals surface area contributed by atoms with Crippen molar-refractivity contribution in [3.63, 3.8) is 0 Å². The topological polar surface area (TPSA) is 27.7 Å². The zero-order valence-electron chi connectivity index (χ0n) is 16.2. The molecule has 0 amide bonds. The third-order valence-electron chi connectivity index (χ3n) is 3.55. The zero-order chi connectivity index (χ0) is 19.3. The van der Waals surface area contributed by atoms with Crippen molar-refractivity contribution in [3.8, 4) is 28.7 Å². The molecule has 0 N–H and O–H groups in total. The first-order valence-corrected chi connectivity index (χ1v) is 9.85. The van der Waals surface area contributed by atoms with E-state index >= 15 is 0 Å². The third kappa shape index (κ3) is 6.18. The lowest BCUT2D eigenvalue weighted by Gasteiger charge is -2.16. The highest BCUT2D eigenvalue weighted by Gasteiger charge is 2.15. The Morgan fingerprint density at radius 2 is 1.07 bits per heavy atom. The molecule has 3 aromatic rings. The fourth-order valence-electron chi connectivity index (χ4n) is 2.37. The van der Waals surface area contributed by atoms with E-state index in [0.717, 1.165) is 34.3 Å².